The maximum Gasteiger partial charge on any atom is 0.214 e. The first kappa shape index (κ1) is 12.0. The molecule has 18 heavy (non-hydrogen) atoms. The zero-order valence-electron chi connectivity index (χ0n) is 9.45. The predicted molar refractivity (Wildman–Crippen MR) is 67.6 cm³/mol. The third-order valence-corrected chi connectivity index (χ3v) is 4.05. The summed E-state index contributed by atoms with van der Waals surface area (Å²) >= 11 is 7.36. The molecular formula is C11H11ClN4OS. The van der Waals surface area contributed by atoms with Gasteiger partial charge in [-0.15, -0.1) is 5.10 Å². The predicted octanol–water partition coefficient (Wildman–Crippen LogP) is 2.30. The van der Waals surface area contributed by atoms with Crippen molar-refractivity contribution in [3.05, 3.63) is 28.8 Å². The zero-order valence-corrected chi connectivity index (χ0v) is 11.0. The summed E-state index contributed by atoms with van der Waals surface area (Å²) < 4.78 is 1.85. The van der Waals surface area contributed by atoms with Crippen LogP contribution >= 0.6 is 23.4 Å². The Kier molecular flexibility index (Phi) is 3.23. The summed E-state index contributed by atoms with van der Waals surface area (Å²) in [5.74, 6) is 0. The largest absolute Gasteiger partial charge is 0.392 e. The molecule has 1 saturated carbocycles. The van der Waals surface area contributed by atoms with E-state index in [-0.39, 0.29) is 6.61 Å². The summed E-state index contributed by atoms with van der Waals surface area (Å²) in [6.07, 6.45) is 2.26. The van der Waals surface area contributed by atoms with E-state index in [2.05, 4.69) is 15.5 Å². The van der Waals surface area contributed by atoms with Crippen LogP contribution in [0.15, 0.2) is 28.3 Å². The van der Waals surface area contributed by atoms with Crippen LogP contribution in [0, 0.1) is 0 Å². The Hall–Kier alpha value is -1.11. The number of hydrogen-bond donors (Lipinski definition) is 1. The molecular weight excluding hydrogens is 272 g/mol. The van der Waals surface area contributed by atoms with Gasteiger partial charge in [0.05, 0.1) is 12.6 Å². The van der Waals surface area contributed by atoms with Gasteiger partial charge in [-0.25, -0.2) is 4.68 Å². The summed E-state index contributed by atoms with van der Waals surface area (Å²) in [6, 6.07) is 5.88. The molecule has 0 unspecified atom stereocenters. The van der Waals surface area contributed by atoms with Gasteiger partial charge in [0.25, 0.3) is 0 Å². The van der Waals surface area contributed by atoms with Crippen LogP contribution in [-0.4, -0.2) is 25.3 Å². The molecule has 0 spiro atoms. The van der Waals surface area contributed by atoms with E-state index >= 15 is 0 Å². The first-order chi connectivity index (χ1) is 8.78. The Labute approximate surface area is 113 Å². The van der Waals surface area contributed by atoms with E-state index in [1.165, 1.54) is 11.8 Å². The minimum Gasteiger partial charge on any atom is -0.392 e. The Morgan fingerprint density at radius 1 is 1.44 bits per heavy atom. The van der Waals surface area contributed by atoms with E-state index in [1.807, 2.05) is 10.7 Å². The highest BCUT2D eigenvalue weighted by Crippen LogP contribution is 2.38. The summed E-state index contributed by atoms with van der Waals surface area (Å²) in [5, 5.41) is 22.4. The first-order valence-corrected chi connectivity index (χ1v) is 6.82. The number of aromatic nitrogens is 4. The van der Waals surface area contributed by atoms with Crippen molar-refractivity contribution in [3.8, 4) is 0 Å². The fraction of sp³-hybridized carbons (Fsp3) is 0.364. The van der Waals surface area contributed by atoms with E-state index < -0.39 is 0 Å². The number of halogens is 1. The maximum atomic E-state index is 9.33. The number of aliphatic hydroxyl groups is 1. The van der Waals surface area contributed by atoms with Gasteiger partial charge in [0.1, 0.15) is 0 Å². The van der Waals surface area contributed by atoms with Crippen LogP contribution in [0.5, 0.6) is 0 Å². The van der Waals surface area contributed by atoms with Crippen LogP contribution in [0.1, 0.15) is 24.4 Å². The van der Waals surface area contributed by atoms with Crippen molar-refractivity contribution in [1.29, 1.82) is 0 Å². The van der Waals surface area contributed by atoms with Gasteiger partial charge in [-0.2, -0.15) is 0 Å². The molecule has 1 fully saturated rings. The molecule has 0 aliphatic heterocycles. The number of tetrazole rings is 1. The lowest BCUT2D eigenvalue weighted by Gasteiger charge is -2.07. The van der Waals surface area contributed by atoms with Crippen molar-refractivity contribution in [2.75, 3.05) is 0 Å². The van der Waals surface area contributed by atoms with E-state index in [9.17, 15) is 5.11 Å². The average Bonchev–Trinajstić information content (AvgIpc) is 3.12. The van der Waals surface area contributed by atoms with E-state index in [0.717, 1.165) is 28.5 Å². The van der Waals surface area contributed by atoms with Crippen molar-refractivity contribution in [3.63, 3.8) is 0 Å². The van der Waals surface area contributed by atoms with E-state index in [1.54, 1.807) is 12.1 Å². The molecule has 1 aromatic heterocycles. The van der Waals surface area contributed by atoms with Gasteiger partial charge in [0.2, 0.25) is 5.16 Å². The smallest absolute Gasteiger partial charge is 0.214 e. The molecule has 0 saturated heterocycles. The maximum absolute atomic E-state index is 9.33. The molecule has 1 aliphatic rings. The zero-order chi connectivity index (χ0) is 12.5. The molecule has 0 bridgehead atoms. The molecule has 1 heterocycles. The van der Waals surface area contributed by atoms with Gasteiger partial charge in [-0.3, -0.25) is 0 Å². The van der Waals surface area contributed by atoms with Gasteiger partial charge >= 0.3 is 0 Å². The first-order valence-electron chi connectivity index (χ1n) is 5.63. The molecule has 1 aliphatic carbocycles. The molecule has 0 amide bonds. The van der Waals surface area contributed by atoms with Crippen LogP contribution in [0.25, 0.3) is 0 Å². The minimum absolute atomic E-state index is 0.0477. The Balaban J connectivity index is 1.89. The Morgan fingerprint density at radius 3 is 3.00 bits per heavy atom. The molecule has 7 heteroatoms. The number of nitrogens with zero attached hydrogens (tertiary/aromatic N) is 4. The lowest BCUT2D eigenvalue weighted by Crippen LogP contribution is -1.99. The Bertz CT molecular complexity index is 570. The van der Waals surface area contributed by atoms with Gasteiger partial charge < -0.3 is 5.11 Å². The van der Waals surface area contributed by atoms with Crippen LogP contribution in [0.2, 0.25) is 5.02 Å². The van der Waals surface area contributed by atoms with Gasteiger partial charge in [-0.1, -0.05) is 11.6 Å². The van der Waals surface area contributed by atoms with Gasteiger partial charge in [-0.05, 0) is 58.8 Å². The van der Waals surface area contributed by atoms with Crippen molar-refractivity contribution in [2.45, 2.75) is 35.5 Å². The second-order valence-electron chi connectivity index (χ2n) is 4.15. The number of rotatable bonds is 4. The van der Waals surface area contributed by atoms with E-state index in [4.69, 9.17) is 11.6 Å². The molecule has 94 valence electrons. The van der Waals surface area contributed by atoms with Crippen LogP contribution < -0.4 is 0 Å². The SMILES string of the molecule is OCc1cc(Cl)ccc1Sc1nnnn1C1CC1. The summed E-state index contributed by atoms with van der Waals surface area (Å²) in [6.45, 7) is -0.0477. The van der Waals surface area contributed by atoms with Crippen molar-refractivity contribution in [1.82, 2.24) is 20.2 Å². The Morgan fingerprint density at radius 2 is 2.28 bits per heavy atom. The molecule has 3 rings (SSSR count). The highest BCUT2D eigenvalue weighted by atomic mass is 35.5. The standard InChI is InChI=1S/C11H11ClN4OS/c12-8-1-4-10(7(5-8)6-17)18-11-13-14-15-16(11)9-2-3-9/h1,4-5,9,17H,2-3,6H2. The second-order valence-corrected chi connectivity index (χ2v) is 5.59. The summed E-state index contributed by atoms with van der Waals surface area (Å²) in [7, 11) is 0. The highest BCUT2D eigenvalue weighted by Gasteiger charge is 2.28. The van der Waals surface area contributed by atoms with Crippen molar-refractivity contribution >= 4 is 23.4 Å². The summed E-state index contributed by atoms with van der Waals surface area (Å²) in [4.78, 5) is 0.929. The van der Waals surface area contributed by atoms with Crippen LogP contribution in [0.3, 0.4) is 0 Å². The summed E-state index contributed by atoms with van der Waals surface area (Å²) in [5.41, 5.74) is 0.790. The lowest BCUT2D eigenvalue weighted by molar-refractivity contribution is 0.279. The second kappa shape index (κ2) is 4.87. The molecule has 0 radical (unpaired) electrons. The topological polar surface area (TPSA) is 63.8 Å². The molecule has 1 N–H and O–H groups in total. The van der Waals surface area contributed by atoms with Crippen LogP contribution in [-0.2, 0) is 6.61 Å². The fourth-order valence-electron chi connectivity index (χ4n) is 1.67. The quantitative estimate of drug-likeness (QED) is 0.932. The van der Waals surface area contributed by atoms with Gasteiger partial charge in [0.15, 0.2) is 0 Å². The minimum atomic E-state index is -0.0477. The normalized spacial score (nSPS) is 15.0. The molecule has 0 atom stereocenters. The monoisotopic (exact) mass is 282 g/mol. The highest BCUT2D eigenvalue weighted by molar-refractivity contribution is 7.99. The van der Waals surface area contributed by atoms with Crippen LogP contribution in [0.4, 0.5) is 0 Å². The lowest BCUT2D eigenvalue weighted by atomic mass is 10.2. The van der Waals surface area contributed by atoms with Gasteiger partial charge in [0, 0.05) is 9.92 Å². The third-order valence-electron chi connectivity index (χ3n) is 2.75. The number of aliphatic hydroxyl groups excluding tert-OH is 1. The number of hydrogen-bond acceptors (Lipinski definition) is 5. The van der Waals surface area contributed by atoms with Crippen molar-refractivity contribution < 1.29 is 5.11 Å². The molecule has 5 nitrogen and oxygen atoms in total. The average molecular weight is 283 g/mol. The molecule has 2 aromatic rings. The third kappa shape index (κ3) is 2.36. The van der Waals surface area contributed by atoms with E-state index in [0.29, 0.717) is 11.1 Å². The van der Waals surface area contributed by atoms with Crippen molar-refractivity contribution in [2.24, 2.45) is 0 Å². The fourth-order valence-corrected chi connectivity index (χ4v) is 2.81. The molecule has 1 aromatic carbocycles. The number of benzene rings is 1.